The predicted molar refractivity (Wildman–Crippen MR) is 79.8 cm³/mol. The molecular weight excluding hydrogens is 280 g/mol. The fourth-order valence-electron chi connectivity index (χ4n) is 2.10. The third kappa shape index (κ3) is 2.85. The Morgan fingerprint density at radius 1 is 1.09 bits per heavy atom. The van der Waals surface area contributed by atoms with E-state index in [4.69, 9.17) is 4.74 Å². The molecule has 6 nitrogen and oxygen atoms in total. The molecule has 6 heteroatoms. The van der Waals surface area contributed by atoms with E-state index in [-0.39, 0.29) is 11.6 Å². The van der Waals surface area contributed by atoms with Gasteiger partial charge in [0.25, 0.3) is 0 Å². The number of ether oxygens (including phenoxy) is 1. The molecule has 0 saturated carbocycles. The molecule has 3 rings (SSSR count). The standard InChI is InChI=1S/C16H14N4O2/c1-22-14-9-7-12(8-10-14)11-20-16(17-18-19-20)15(21)13-5-3-2-4-6-13/h2-10H,11H2,1H3. The van der Waals surface area contributed by atoms with Crippen LogP contribution in [0.5, 0.6) is 5.75 Å². The highest BCUT2D eigenvalue weighted by molar-refractivity contribution is 6.06. The molecule has 0 saturated heterocycles. The van der Waals surface area contributed by atoms with Crippen LogP contribution in [0.1, 0.15) is 21.7 Å². The molecule has 0 spiro atoms. The number of benzene rings is 2. The molecule has 0 unspecified atom stereocenters. The number of methoxy groups -OCH3 is 1. The molecule has 22 heavy (non-hydrogen) atoms. The van der Waals surface area contributed by atoms with Crippen LogP contribution >= 0.6 is 0 Å². The molecule has 2 aromatic carbocycles. The largest absolute Gasteiger partial charge is 0.497 e. The van der Waals surface area contributed by atoms with Gasteiger partial charge in [0.05, 0.1) is 13.7 Å². The van der Waals surface area contributed by atoms with Crippen LogP contribution in [0.15, 0.2) is 54.6 Å². The topological polar surface area (TPSA) is 69.9 Å². The van der Waals surface area contributed by atoms with E-state index in [0.29, 0.717) is 12.1 Å². The second-order valence-electron chi connectivity index (χ2n) is 4.70. The highest BCUT2D eigenvalue weighted by Crippen LogP contribution is 2.13. The minimum Gasteiger partial charge on any atom is -0.497 e. The van der Waals surface area contributed by atoms with Crippen LogP contribution in [0.3, 0.4) is 0 Å². The Morgan fingerprint density at radius 2 is 1.82 bits per heavy atom. The maximum Gasteiger partial charge on any atom is 0.231 e. The van der Waals surface area contributed by atoms with Gasteiger partial charge in [-0.25, -0.2) is 4.68 Å². The molecule has 0 aliphatic heterocycles. The molecule has 110 valence electrons. The Balaban J connectivity index is 1.84. The van der Waals surface area contributed by atoms with Crippen molar-refractivity contribution in [3.8, 4) is 5.75 Å². The number of carbonyl (C=O) groups excluding carboxylic acids is 1. The third-order valence-electron chi connectivity index (χ3n) is 3.26. The molecular formula is C16H14N4O2. The Morgan fingerprint density at radius 3 is 2.50 bits per heavy atom. The van der Waals surface area contributed by atoms with E-state index in [1.165, 1.54) is 4.68 Å². The van der Waals surface area contributed by atoms with Gasteiger partial charge in [-0.05, 0) is 28.1 Å². The van der Waals surface area contributed by atoms with Crippen LogP contribution < -0.4 is 4.74 Å². The second kappa shape index (κ2) is 6.17. The van der Waals surface area contributed by atoms with Crippen LogP contribution in [-0.2, 0) is 6.54 Å². The average Bonchev–Trinajstić information content (AvgIpc) is 3.04. The van der Waals surface area contributed by atoms with Crippen molar-refractivity contribution in [3.63, 3.8) is 0 Å². The Labute approximate surface area is 127 Å². The number of tetrazole rings is 1. The highest BCUT2D eigenvalue weighted by atomic mass is 16.5. The first-order valence-corrected chi connectivity index (χ1v) is 6.77. The normalized spacial score (nSPS) is 10.4. The van der Waals surface area contributed by atoms with Gasteiger partial charge in [0, 0.05) is 5.56 Å². The molecule has 1 heterocycles. The van der Waals surface area contributed by atoms with Gasteiger partial charge in [0.15, 0.2) is 0 Å². The predicted octanol–water partition coefficient (Wildman–Crippen LogP) is 1.96. The maximum absolute atomic E-state index is 12.4. The van der Waals surface area contributed by atoms with Crippen molar-refractivity contribution in [2.75, 3.05) is 7.11 Å². The summed E-state index contributed by atoms with van der Waals surface area (Å²) in [5, 5.41) is 11.4. The number of rotatable bonds is 5. The van der Waals surface area contributed by atoms with Gasteiger partial charge in [-0.1, -0.05) is 42.5 Å². The Bertz CT molecular complexity index is 766. The summed E-state index contributed by atoms with van der Waals surface area (Å²) < 4.78 is 6.62. The Hall–Kier alpha value is -3.02. The monoisotopic (exact) mass is 294 g/mol. The van der Waals surface area contributed by atoms with Gasteiger partial charge < -0.3 is 4.74 Å². The minimum absolute atomic E-state index is 0.195. The average molecular weight is 294 g/mol. The smallest absolute Gasteiger partial charge is 0.231 e. The number of ketones is 1. The van der Waals surface area contributed by atoms with Crippen molar-refractivity contribution in [2.24, 2.45) is 0 Å². The molecule has 0 bridgehead atoms. The van der Waals surface area contributed by atoms with Gasteiger partial charge >= 0.3 is 0 Å². The van der Waals surface area contributed by atoms with Crippen molar-refractivity contribution in [1.29, 1.82) is 0 Å². The molecule has 0 fully saturated rings. The first-order valence-electron chi connectivity index (χ1n) is 6.77. The highest BCUT2D eigenvalue weighted by Gasteiger charge is 2.17. The van der Waals surface area contributed by atoms with E-state index in [1.54, 1.807) is 19.2 Å². The molecule has 0 atom stereocenters. The molecule has 3 aromatic rings. The molecule has 1 aromatic heterocycles. The van der Waals surface area contributed by atoms with Crippen molar-refractivity contribution in [3.05, 3.63) is 71.5 Å². The summed E-state index contributed by atoms with van der Waals surface area (Å²) in [5.74, 6) is 0.808. The summed E-state index contributed by atoms with van der Waals surface area (Å²) in [5.41, 5.74) is 1.54. The van der Waals surface area contributed by atoms with E-state index >= 15 is 0 Å². The van der Waals surface area contributed by atoms with E-state index in [1.807, 2.05) is 42.5 Å². The number of nitrogens with zero attached hydrogens (tertiary/aromatic N) is 4. The Kier molecular flexibility index (Phi) is 3.91. The fraction of sp³-hybridized carbons (Fsp3) is 0.125. The third-order valence-corrected chi connectivity index (χ3v) is 3.26. The van der Waals surface area contributed by atoms with E-state index in [2.05, 4.69) is 15.5 Å². The van der Waals surface area contributed by atoms with Gasteiger partial charge in [-0.2, -0.15) is 0 Å². The SMILES string of the molecule is COc1ccc(Cn2nnnc2C(=O)c2ccccc2)cc1. The molecule has 0 aliphatic carbocycles. The number of carbonyl (C=O) groups is 1. The van der Waals surface area contributed by atoms with E-state index in [0.717, 1.165) is 11.3 Å². The summed E-state index contributed by atoms with van der Waals surface area (Å²) in [4.78, 5) is 12.4. The summed E-state index contributed by atoms with van der Waals surface area (Å²) in [6.45, 7) is 0.422. The second-order valence-corrected chi connectivity index (χ2v) is 4.70. The van der Waals surface area contributed by atoms with Crippen LogP contribution in [0.4, 0.5) is 0 Å². The van der Waals surface area contributed by atoms with Gasteiger partial charge in [-0.15, -0.1) is 5.10 Å². The van der Waals surface area contributed by atoms with Crippen molar-refractivity contribution in [2.45, 2.75) is 6.54 Å². The lowest BCUT2D eigenvalue weighted by Crippen LogP contribution is -2.13. The van der Waals surface area contributed by atoms with Crippen LogP contribution in [0.25, 0.3) is 0 Å². The number of aromatic nitrogens is 4. The van der Waals surface area contributed by atoms with Crippen LogP contribution in [0, 0.1) is 0 Å². The molecule has 0 radical (unpaired) electrons. The van der Waals surface area contributed by atoms with E-state index in [9.17, 15) is 4.79 Å². The fourth-order valence-corrected chi connectivity index (χ4v) is 2.10. The number of hydrogen-bond donors (Lipinski definition) is 0. The summed E-state index contributed by atoms with van der Waals surface area (Å²) >= 11 is 0. The van der Waals surface area contributed by atoms with Crippen molar-refractivity contribution in [1.82, 2.24) is 20.2 Å². The summed E-state index contributed by atoms with van der Waals surface area (Å²) in [6, 6.07) is 16.5. The first-order chi connectivity index (χ1) is 10.8. The van der Waals surface area contributed by atoms with Gasteiger partial charge in [-0.3, -0.25) is 4.79 Å². The van der Waals surface area contributed by atoms with Crippen molar-refractivity contribution < 1.29 is 9.53 Å². The quantitative estimate of drug-likeness (QED) is 0.673. The number of hydrogen-bond acceptors (Lipinski definition) is 5. The van der Waals surface area contributed by atoms with Gasteiger partial charge in [0.2, 0.25) is 11.6 Å². The van der Waals surface area contributed by atoms with Crippen LogP contribution in [-0.4, -0.2) is 33.1 Å². The summed E-state index contributed by atoms with van der Waals surface area (Å²) in [6.07, 6.45) is 0. The van der Waals surface area contributed by atoms with Gasteiger partial charge in [0.1, 0.15) is 5.75 Å². The first kappa shape index (κ1) is 13.9. The summed E-state index contributed by atoms with van der Waals surface area (Å²) in [7, 11) is 1.62. The molecule has 0 N–H and O–H groups in total. The zero-order valence-electron chi connectivity index (χ0n) is 12.0. The zero-order chi connectivity index (χ0) is 15.4. The molecule has 0 aliphatic rings. The lowest BCUT2D eigenvalue weighted by molar-refractivity contribution is 0.102. The maximum atomic E-state index is 12.4. The lowest BCUT2D eigenvalue weighted by Gasteiger charge is -2.05. The molecule has 0 amide bonds. The minimum atomic E-state index is -0.195. The van der Waals surface area contributed by atoms with Crippen molar-refractivity contribution >= 4 is 5.78 Å². The lowest BCUT2D eigenvalue weighted by atomic mass is 10.1. The van der Waals surface area contributed by atoms with E-state index < -0.39 is 0 Å². The van der Waals surface area contributed by atoms with Crippen LogP contribution in [0.2, 0.25) is 0 Å². The zero-order valence-corrected chi connectivity index (χ0v) is 12.0.